The van der Waals surface area contributed by atoms with E-state index in [0.29, 0.717) is 18.7 Å². The third-order valence-electron chi connectivity index (χ3n) is 3.49. The first-order valence-corrected chi connectivity index (χ1v) is 9.41. The van der Waals surface area contributed by atoms with Gasteiger partial charge in [-0.05, 0) is 17.9 Å². The molecule has 7 nitrogen and oxygen atoms in total. The van der Waals surface area contributed by atoms with E-state index >= 15 is 0 Å². The highest BCUT2D eigenvalue weighted by atomic mass is 32.2. The maximum Gasteiger partial charge on any atom is 0.349 e. The van der Waals surface area contributed by atoms with Gasteiger partial charge in [-0.3, -0.25) is 4.90 Å². The van der Waals surface area contributed by atoms with Crippen LogP contribution in [0.25, 0.3) is 0 Å². The van der Waals surface area contributed by atoms with Crippen LogP contribution in [-0.2, 0) is 14.8 Å². The molecule has 0 aromatic carbocycles. The average molecular weight is 347 g/mol. The Morgan fingerprint density at radius 1 is 1.45 bits per heavy atom. The third kappa shape index (κ3) is 4.05. The normalized spacial score (nSPS) is 16.6. The molecule has 0 radical (unpaired) electrons. The summed E-state index contributed by atoms with van der Waals surface area (Å²) >= 11 is 1.08. The van der Waals surface area contributed by atoms with Crippen molar-refractivity contribution in [2.24, 2.45) is 0 Å². The van der Waals surface area contributed by atoms with Gasteiger partial charge in [-0.15, -0.1) is 11.3 Å². The van der Waals surface area contributed by atoms with Crippen LogP contribution in [-0.4, -0.2) is 65.7 Å². The molecule has 22 heavy (non-hydrogen) atoms. The standard InChI is InChI=1S/C13H21N3O4S2/c1-10-9-21-11(13(17)20-2)12(10)22(18,19)15-5-8-16-6-3-14-4-7-16/h9,14-15H,3-8H2,1-2H3. The maximum atomic E-state index is 12.5. The molecule has 1 fully saturated rings. The van der Waals surface area contributed by atoms with Crippen LogP contribution in [0.2, 0.25) is 0 Å². The van der Waals surface area contributed by atoms with Crippen LogP contribution in [0.3, 0.4) is 0 Å². The molecule has 0 atom stereocenters. The molecular formula is C13H21N3O4S2. The summed E-state index contributed by atoms with van der Waals surface area (Å²) in [4.78, 5) is 14.0. The quantitative estimate of drug-likeness (QED) is 0.706. The SMILES string of the molecule is COC(=O)c1scc(C)c1S(=O)(=O)NCCN1CCNCC1. The summed E-state index contributed by atoms with van der Waals surface area (Å²) in [5.74, 6) is -0.624. The Balaban J connectivity index is 2.03. The van der Waals surface area contributed by atoms with Gasteiger partial charge in [0.1, 0.15) is 9.77 Å². The number of aryl methyl sites for hydroxylation is 1. The summed E-state index contributed by atoms with van der Waals surface area (Å²) in [7, 11) is -2.48. The summed E-state index contributed by atoms with van der Waals surface area (Å²) in [5, 5.41) is 4.90. The molecule has 1 aliphatic heterocycles. The largest absolute Gasteiger partial charge is 0.465 e. The van der Waals surface area contributed by atoms with Crippen molar-refractivity contribution in [3.63, 3.8) is 0 Å². The summed E-state index contributed by atoms with van der Waals surface area (Å²) in [5.41, 5.74) is 0.556. The van der Waals surface area contributed by atoms with Crippen LogP contribution in [0.1, 0.15) is 15.2 Å². The zero-order chi connectivity index (χ0) is 16.2. The fourth-order valence-electron chi connectivity index (χ4n) is 2.35. The van der Waals surface area contributed by atoms with Crippen molar-refractivity contribution in [1.29, 1.82) is 0 Å². The van der Waals surface area contributed by atoms with Gasteiger partial charge in [-0.25, -0.2) is 17.9 Å². The molecule has 1 aromatic heterocycles. The number of esters is 1. The van der Waals surface area contributed by atoms with Crippen molar-refractivity contribution in [2.75, 3.05) is 46.4 Å². The third-order valence-corrected chi connectivity index (χ3v) is 6.34. The van der Waals surface area contributed by atoms with Gasteiger partial charge in [0.2, 0.25) is 10.0 Å². The number of piperazine rings is 1. The summed E-state index contributed by atoms with van der Waals surface area (Å²) in [6.07, 6.45) is 0. The summed E-state index contributed by atoms with van der Waals surface area (Å²) < 4.78 is 32.1. The minimum atomic E-state index is -3.72. The Labute approximate surface area is 134 Å². The fourth-order valence-corrected chi connectivity index (χ4v) is 5.07. The Morgan fingerprint density at radius 2 is 2.14 bits per heavy atom. The highest BCUT2D eigenvalue weighted by molar-refractivity contribution is 7.89. The topological polar surface area (TPSA) is 87.7 Å². The lowest BCUT2D eigenvalue weighted by atomic mass is 10.3. The second-order valence-corrected chi connectivity index (χ2v) is 7.64. The van der Waals surface area contributed by atoms with E-state index in [4.69, 9.17) is 0 Å². The monoisotopic (exact) mass is 347 g/mol. The average Bonchev–Trinajstić information content (AvgIpc) is 2.90. The second-order valence-electron chi connectivity index (χ2n) is 5.06. The molecule has 1 saturated heterocycles. The van der Waals surface area contributed by atoms with Gasteiger partial charge in [-0.1, -0.05) is 0 Å². The van der Waals surface area contributed by atoms with Crippen LogP contribution in [0.5, 0.6) is 0 Å². The molecular weight excluding hydrogens is 326 g/mol. The molecule has 1 aromatic rings. The molecule has 124 valence electrons. The van der Waals surface area contributed by atoms with Gasteiger partial charge in [-0.2, -0.15) is 0 Å². The van der Waals surface area contributed by atoms with Crippen LogP contribution >= 0.6 is 11.3 Å². The van der Waals surface area contributed by atoms with Crippen molar-refractivity contribution in [3.8, 4) is 0 Å². The number of sulfonamides is 1. The minimum Gasteiger partial charge on any atom is -0.465 e. The minimum absolute atomic E-state index is 0.0321. The molecule has 1 aliphatic rings. The Bertz CT molecular complexity index is 621. The number of thiophene rings is 1. The molecule has 0 saturated carbocycles. The maximum absolute atomic E-state index is 12.5. The van der Waals surface area contributed by atoms with Gasteiger partial charge in [0.05, 0.1) is 7.11 Å². The number of ether oxygens (including phenoxy) is 1. The molecule has 0 amide bonds. The van der Waals surface area contributed by atoms with Crippen LogP contribution in [0.15, 0.2) is 10.3 Å². The van der Waals surface area contributed by atoms with E-state index in [0.717, 1.165) is 37.5 Å². The van der Waals surface area contributed by atoms with Gasteiger partial charge >= 0.3 is 5.97 Å². The van der Waals surface area contributed by atoms with Crippen molar-refractivity contribution in [2.45, 2.75) is 11.8 Å². The number of carbonyl (C=O) groups excluding carboxylic acids is 1. The molecule has 2 N–H and O–H groups in total. The number of nitrogens with one attached hydrogen (secondary N) is 2. The number of rotatable bonds is 6. The van der Waals surface area contributed by atoms with E-state index in [-0.39, 0.29) is 9.77 Å². The zero-order valence-corrected chi connectivity index (χ0v) is 14.3. The highest BCUT2D eigenvalue weighted by Crippen LogP contribution is 2.27. The van der Waals surface area contributed by atoms with Crippen molar-refractivity contribution in [3.05, 3.63) is 15.8 Å². The predicted octanol–water partition coefficient (Wildman–Crippen LogP) is 0.0266. The number of carbonyl (C=O) groups is 1. The van der Waals surface area contributed by atoms with E-state index in [1.165, 1.54) is 7.11 Å². The Hall–Kier alpha value is -1.00. The first-order valence-electron chi connectivity index (χ1n) is 7.05. The molecule has 9 heteroatoms. The molecule has 0 unspecified atom stereocenters. The predicted molar refractivity (Wildman–Crippen MR) is 84.9 cm³/mol. The number of nitrogens with zero attached hydrogens (tertiary/aromatic N) is 1. The molecule has 2 rings (SSSR count). The Morgan fingerprint density at radius 3 is 2.77 bits per heavy atom. The summed E-state index contributed by atoms with van der Waals surface area (Å²) in [6.45, 7) is 6.30. The molecule has 0 bridgehead atoms. The fraction of sp³-hybridized carbons (Fsp3) is 0.615. The number of methoxy groups -OCH3 is 1. The van der Waals surface area contributed by atoms with E-state index in [2.05, 4.69) is 19.7 Å². The van der Waals surface area contributed by atoms with E-state index in [1.54, 1.807) is 12.3 Å². The lowest BCUT2D eigenvalue weighted by Crippen LogP contribution is -2.46. The van der Waals surface area contributed by atoms with Crippen LogP contribution < -0.4 is 10.0 Å². The Kier molecular flexibility index (Phi) is 5.93. The second kappa shape index (κ2) is 7.51. The van der Waals surface area contributed by atoms with E-state index in [1.807, 2.05) is 0 Å². The van der Waals surface area contributed by atoms with Gasteiger partial charge in [0, 0.05) is 39.3 Å². The molecule has 0 spiro atoms. The first kappa shape index (κ1) is 17.4. The highest BCUT2D eigenvalue weighted by Gasteiger charge is 2.27. The molecule has 0 aliphatic carbocycles. The van der Waals surface area contributed by atoms with Crippen molar-refractivity contribution >= 4 is 27.3 Å². The van der Waals surface area contributed by atoms with Gasteiger partial charge in [0.25, 0.3) is 0 Å². The molecule has 2 heterocycles. The smallest absolute Gasteiger partial charge is 0.349 e. The lowest BCUT2D eigenvalue weighted by molar-refractivity contribution is 0.0602. The van der Waals surface area contributed by atoms with Crippen LogP contribution in [0, 0.1) is 6.92 Å². The number of hydrogen-bond donors (Lipinski definition) is 2. The van der Waals surface area contributed by atoms with Crippen LogP contribution in [0.4, 0.5) is 0 Å². The van der Waals surface area contributed by atoms with Crippen molar-refractivity contribution < 1.29 is 17.9 Å². The van der Waals surface area contributed by atoms with Crippen molar-refractivity contribution in [1.82, 2.24) is 14.9 Å². The first-order chi connectivity index (χ1) is 10.5. The zero-order valence-electron chi connectivity index (χ0n) is 12.7. The van der Waals surface area contributed by atoms with Gasteiger partial charge < -0.3 is 10.1 Å². The summed E-state index contributed by atoms with van der Waals surface area (Å²) in [6, 6.07) is 0. The number of hydrogen-bond acceptors (Lipinski definition) is 7. The van der Waals surface area contributed by atoms with Gasteiger partial charge in [0.15, 0.2) is 0 Å². The lowest BCUT2D eigenvalue weighted by Gasteiger charge is -2.27. The van der Waals surface area contributed by atoms with E-state index in [9.17, 15) is 13.2 Å². The van der Waals surface area contributed by atoms with E-state index < -0.39 is 16.0 Å².